The van der Waals surface area contributed by atoms with E-state index in [9.17, 15) is 9.59 Å². The third-order valence-corrected chi connectivity index (χ3v) is 4.74. The first kappa shape index (κ1) is 10.7. The third kappa shape index (κ3) is 2.31. The van der Waals surface area contributed by atoms with E-state index in [1.807, 2.05) is 13.1 Å². The van der Waals surface area contributed by atoms with Crippen molar-refractivity contribution in [1.29, 1.82) is 0 Å². The zero-order valence-corrected chi connectivity index (χ0v) is 9.60. The van der Waals surface area contributed by atoms with E-state index < -0.39 is 8.80 Å². The molecule has 0 aromatic rings. The van der Waals surface area contributed by atoms with E-state index in [1.54, 1.807) is 0 Å². The van der Waals surface area contributed by atoms with Gasteiger partial charge in [0.2, 0.25) is 11.8 Å². The van der Waals surface area contributed by atoms with E-state index in [-0.39, 0.29) is 16.9 Å². The molecule has 0 spiro atoms. The van der Waals surface area contributed by atoms with Crippen molar-refractivity contribution in [3.63, 3.8) is 0 Å². The molecule has 1 unspecified atom stereocenters. The van der Waals surface area contributed by atoms with E-state index in [2.05, 4.69) is 0 Å². The summed E-state index contributed by atoms with van der Waals surface area (Å²) in [6, 6.07) is 0. The Morgan fingerprint density at radius 3 is 2.15 bits per heavy atom. The topological polar surface area (TPSA) is 37.4 Å². The van der Waals surface area contributed by atoms with Crippen LogP contribution < -0.4 is 0 Å². The van der Waals surface area contributed by atoms with Crippen LogP contribution in [0, 0.1) is 0 Å². The summed E-state index contributed by atoms with van der Waals surface area (Å²) in [5.41, 5.74) is 0. The maximum atomic E-state index is 11.4. The number of piperidine rings is 1. The number of halogens is 1. The number of rotatable bonds is 2. The molecule has 0 saturated carbocycles. The van der Waals surface area contributed by atoms with E-state index in [0.717, 1.165) is 0 Å². The number of amides is 2. The molecule has 0 N–H and O–H groups in total. The molecule has 1 saturated heterocycles. The molecule has 1 fully saturated rings. The van der Waals surface area contributed by atoms with Gasteiger partial charge in [0.25, 0.3) is 0 Å². The van der Waals surface area contributed by atoms with Crippen molar-refractivity contribution in [3.8, 4) is 0 Å². The summed E-state index contributed by atoms with van der Waals surface area (Å²) in [5, 5.41) is -0.384. The first-order valence-corrected chi connectivity index (χ1v) is 7.34. The highest BCUT2D eigenvalue weighted by Gasteiger charge is 2.33. The van der Waals surface area contributed by atoms with Gasteiger partial charge in [-0.15, -0.1) is 11.6 Å². The Morgan fingerprint density at radius 1 is 1.31 bits per heavy atom. The largest absolute Gasteiger partial charge is 0.274 e. The highest BCUT2D eigenvalue weighted by atomic mass is 35.5. The first-order chi connectivity index (χ1) is 6.04. The molecule has 1 aliphatic heterocycles. The van der Waals surface area contributed by atoms with Crippen LogP contribution in [0.1, 0.15) is 19.3 Å². The second-order valence-corrected chi connectivity index (χ2v) is 6.91. The van der Waals surface area contributed by atoms with Crippen molar-refractivity contribution in [3.05, 3.63) is 0 Å². The summed E-state index contributed by atoms with van der Waals surface area (Å²) in [4.78, 5) is 24.0. The van der Waals surface area contributed by atoms with Crippen LogP contribution >= 0.6 is 11.6 Å². The number of hydrogen-bond donors (Lipinski definition) is 0. The third-order valence-electron chi connectivity index (χ3n) is 2.02. The predicted molar refractivity (Wildman–Crippen MR) is 52.8 cm³/mol. The quantitative estimate of drug-likeness (QED) is 0.304. The normalized spacial score (nSPS) is 21.1. The Bertz CT molecular complexity index is 216. The Hall–Kier alpha value is -0.353. The zero-order chi connectivity index (χ0) is 10.0. The molecule has 0 aromatic carbocycles. The molecule has 3 nitrogen and oxygen atoms in total. The SMILES string of the molecule is C[Si](C)C(Cl)N1C(=O)CCCC1=O. The van der Waals surface area contributed by atoms with Crippen molar-refractivity contribution in [2.75, 3.05) is 0 Å². The average molecular weight is 219 g/mol. The molecular formula is C8H13ClNO2Si. The van der Waals surface area contributed by atoms with Crippen LogP contribution in [0.5, 0.6) is 0 Å². The van der Waals surface area contributed by atoms with Gasteiger partial charge in [-0.05, 0) is 6.42 Å². The molecule has 2 amide bonds. The number of hydrogen-bond acceptors (Lipinski definition) is 2. The lowest BCUT2D eigenvalue weighted by Gasteiger charge is -2.30. The van der Waals surface area contributed by atoms with Crippen molar-refractivity contribution in [2.24, 2.45) is 0 Å². The van der Waals surface area contributed by atoms with Crippen molar-refractivity contribution < 1.29 is 9.59 Å². The smallest absolute Gasteiger partial charge is 0.230 e. The van der Waals surface area contributed by atoms with Crippen LogP contribution in [0.3, 0.4) is 0 Å². The predicted octanol–water partition coefficient (Wildman–Crippen LogP) is 1.38. The highest BCUT2D eigenvalue weighted by Crippen LogP contribution is 2.19. The maximum absolute atomic E-state index is 11.4. The van der Waals surface area contributed by atoms with Crippen LogP contribution in [0.25, 0.3) is 0 Å². The molecule has 73 valence electrons. The van der Waals surface area contributed by atoms with Gasteiger partial charge in [-0.25, -0.2) is 0 Å². The minimum atomic E-state index is -0.827. The highest BCUT2D eigenvalue weighted by molar-refractivity contribution is 6.67. The van der Waals surface area contributed by atoms with Gasteiger partial charge in [-0.2, -0.15) is 0 Å². The molecule has 1 atom stereocenters. The molecular weight excluding hydrogens is 206 g/mol. The van der Waals surface area contributed by atoms with Gasteiger partial charge < -0.3 is 0 Å². The summed E-state index contributed by atoms with van der Waals surface area (Å²) in [5.74, 6) is -0.218. The Labute approximate surface area is 84.7 Å². The molecule has 1 radical (unpaired) electrons. The lowest BCUT2D eigenvalue weighted by molar-refractivity contribution is -0.147. The van der Waals surface area contributed by atoms with E-state index in [0.29, 0.717) is 19.3 Å². The molecule has 0 bridgehead atoms. The van der Waals surface area contributed by atoms with Crippen molar-refractivity contribution in [1.82, 2.24) is 4.90 Å². The number of nitrogens with zero attached hydrogens (tertiary/aromatic N) is 1. The maximum Gasteiger partial charge on any atom is 0.230 e. The number of carbonyl (C=O) groups excluding carboxylic acids is 2. The second-order valence-electron chi connectivity index (χ2n) is 3.42. The van der Waals surface area contributed by atoms with Gasteiger partial charge in [0.05, 0.1) is 8.80 Å². The lowest BCUT2D eigenvalue weighted by atomic mass is 10.1. The first-order valence-electron chi connectivity index (χ1n) is 4.33. The number of alkyl halides is 1. The van der Waals surface area contributed by atoms with Gasteiger partial charge >= 0.3 is 0 Å². The second kappa shape index (κ2) is 4.24. The van der Waals surface area contributed by atoms with Crippen LogP contribution in [0.4, 0.5) is 0 Å². The fourth-order valence-electron chi connectivity index (χ4n) is 1.28. The summed E-state index contributed by atoms with van der Waals surface area (Å²) in [6.45, 7) is 4.00. The lowest BCUT2D eigenvalue weighted by Crippen LogP contribution is -2.49. The minimum absolute atomic E-state index is 0.109. The summed E-state index contributed by atoms with van der Waals surface area (Å²) >= 11 is 6.01. The molecule has 1 rings (SSSR count). The summed E-state index contributed by atoms with van der Waals surface area (Å²) in [6.07, 6.45) is 1.60. The van der Waals surface area contributed by atoms with E-state index in [4.69, 9.17) is 11.6 Å². The van der Waals surface area contributed by atoms with Crippen molar-refractivity contribution in [2.45, 2.75) is 37.5 Å². The van der Waals surface area contributed by atoms with Crippen LogP contribution in [0.2, 0.25) is 13.1 Å². The minimum Gasteiger partial charge on any atom is -0.274 e. The average Bonchev–Trinajstić information content (AvgIpc) is 2.03. The number of likely N-dealkylation sites (tertiary alicyclic amines) is 1. The molecule has 1 aliphatic rings. The Kier molecular flexibility index (Phi) is 3.50. The summed E-state index contributed by atoms with van der Waals surface area (Å²) in [7, 11) is -0.827. The van der Waals surface area contributed by atoms with Gasteiger partial charge in [-0.3, -0.25) is 14.5 Å². The standard InChI is InChI=1S/C8H13ClNO2Si/c1-13(2)8(9)10-6(11)4-3-5-7(10)12/h8H,3-5H2,1-2H3. The monoisotopic (exact) mass is 218 g/mol. The molecule has 1 heterocycles. The van der Waals surface area contributed by atoms with Crippen LogP contribution in [-0.4, -0.2) is 30.6 Å². The molecule has 5 heteroatoms. The van der Waals surface area contributed by atoms with Gasteiger partial charge in [-0.1, -0.05) is 13.1 Å². The van der Waals surface area contributed by atoms with Crippen LogP contribution in [0.15, 0.2) is 0 Å². The summed E-state index contributed by atoms with van der Waals surface area (Å²) < 4.78 is 0. The number of imide groups is 1. The Balaban J connectivity index is 2.74. The zero-order valence-electron chi connectivity index (χ0n) is 7.84. The van der Waals surface area contributed by atoms with E-state index >= 15 is 0 Å². The van der Waals surface area contributed by atoms with Crippen LogP contribution in [-0.2, 0) is 9.59 Å². The van der Waals surface area contributed by atoms with Gasteiger partial charge in [0.1, 0.15) is 5.12 Å². The fraction of sp³-hybridized carbons (Fsp3) is 0.750. The molecule has 0 aromatic heterocycles. The van der Waals surface area contributed by atoms with Crippen molar-refractivity contribution >= 4 is 32.2 Å². The van der Waals surface area contributed by atoms with Gasteiger partial charge in [0.15, 0.2) is 0 Å². The Morgan fingerprint density at radius 2 is 1.77 bits per heavy atom. The molecule has 13 heavy (non-hydrogen) atoms. The van der Waals surface area contributed by atoms with E-state index in [1.165, 1.54) is 4.90 Å². The molecule has 0 aliphatic carbocycles. The fourth-order valence-corrected chi connectivity index (χ4v) is 2.30. The van der Waals surface area contributed by atoms with Gasteiger partial charge in [0, 0.05) is 12.8 Å². The number of carbonyl (C=O) groups is 2.